The Hall–Kier alpha value is -2.00. The summed E-state index contributed by atoms with van der Waals surface area (Å²) in [7, 11) is 1.63. The van der Waals surface area contributed by atoms with E-state index in [0.29, 0.717) is 45.0 Å². The molecule has 3 rings (SSSR count). The van der Waals surface area contributed by atoms with Crippen LogP contribution >= 0.6 is 11.3 Å². The predicted octanol–water partition coefficient (Wildman–Crippen LogP) is 3.11. The van der Waals surface area contributed by atoms with Crippen molar-refractivity contribution in [1.29, 1.82) is 0 Å². The highest BCUT2D eigenvalue weighted by atomic mass is 32.1. The largest absolute Gasteiger partial charge is 0.491 e. The van der Waals surface area contributed by atoms with Gasteiger partial charge in [0.1, 0.15) is 18.2 Å². The number of methoxy groups -OCH3 is 1. The van der Waals surface area contributed by atoms with Crippen molar-refractivity contribution < 1.29 is 23.8 Å². The standard InChI is InChI=1S/C23H31FN2O4S/c1-3-18(27)14-25(11-12-29-2)15-23(28)26-10-8-22-20(9-13-31-22)21(26)16-30-19-6-4-17(24)5-7-19/h4-7,9,13,18,21,27H,3,8,10-12,14-16H2,1-2H3/t18-,21+/m1/s1. The van der Waals surface area contributed by atoms with Gasteiger partial charge in [0, 0.05) is 31.6 Å². The van der Waals surface area contributed by atoms with Crippen LogP contribution in [0, 0.1) is 5.82 Å². The zero-order valence-corrected chi connectivity index (χ0v) is 18.9. The van der Waals surface area contributed by atoms with E-state index in [-0.39, 0.29) is 24.3 Å². The summed E-state index contributed by atoms with van der Waals surface area (Å²) in [5, 5.41) is 12.1. The number of nitrogens with zero attached hydrogens (tertiary/aromatic N) is 2. The number of aliphatic hydroxyl groups excluding tert-OH is 1. The first-order valence-corrected chi connectivity index (χ1v) is 11.5. The summed E-state index contributed by atoms with van der Waals surface area (Å²) in [5.41, 5.74) is 1.11. The molecule has 2 heterocycles. The lowest BCUT2D eigenvalue weighted by Crippen LogP contribution is -2.48. The monoisotopic (exact) mass is 450 g/mol. The van der Waals surface area contributed by atoms with Gasteiger partial charge in [-0.2, -0.15) is 0 Å². The fraction of sp³-hybridized carbons (Fsp3) is 0.522. The minimum Gasteiger partial charge on any atom is -0.491 e. The van der Waals surface area contributed by atoms with E-state index in [2.05, 4.69) is 6.07 Å². The van der Waals surface area contributed by atoms with Gasteiger partial charge in [-0.15, -0.1) is 11.3 Å². The highest BCUT2D eigenvalue weighted by molar-refractivity contribution is 7.10. The quantitative estimate of drug-likeness (QED) is 0.570. The molecule has 31 heavy (non-hydrogen) atoms. The van der Waals surface area contributed by atoms with E-state index < -0.39 is 6.10 Å². The zero-order valence-electron chi connectivity index (χ0n) is 18.1. The van der Waals surface area contributed by atoms with Gasteiger partial charge < -0.3 is 19.5 Å². The Morgan fingerprint density at radius 1 is 1.35 bits per heavy atom. The second kappa shape index (κ2) is 11.6. The second-order valence-electron chi connectivity index (χ2n) is 7.71. The van der Waals surface area contributed by atoms with Crippen molar-refractivity contribution in [2.24, 2.45) is 0 Å². The number of carbonyl (C=O) groups excluding carboxylic acids is 1. The summed E-state index contributed by atoms with van der Waals surface area (Å²) in [6, 6.07) is 7.77. The van der Waals surface area contributed by atoms with Crippen LogP contribution in [0.4, 0.5) is 4.39 Å². The summed E-state index contributed by atoms with van der Waals surface area (Å²) in [6.45, 7) is 4.57. The molecule has 0 fully saturated rings. The van der Waals surface area contributed by atoms with E-state index >= 15 is 0 Å². The van der Waals surface area contributed by atoms with E-state index in [4.69, 9.17) is 9.47 Å². The van der Waals surface area contributed by atoms with Gasteiger partial charge in [0.2, 0.25) is 5.91 Å². The molecule has 1 aromatic carbocycles. The number of aliphatic hydroxyl groups is 1. The Morgan fingerprint density at radius 3 is 2.84 bits per heavy atom. The van der Waals surface area contributed by atoms with Crippen molar-refractivity contribution in [2.45, 2.75) is 31.9 Å². The number of carbonyl (C=O) groups is 1. The van der Waals surface area contributed by atoms with Crippen molar-refractivity contribution in [3.05, 3.63) is 52.0 Å². The molecule has 2 atom stereocenters. The number of hydrogen-bond donors (Lipinski definition) is 1. The molecule has 0 saturated carbocycles. The zero-order chi connectivity index (χ0) is 22.2. The first kappa shape index (κ1) is 23.7. The summed E-state index contributed by atoms with van der Waals surface area (Å²) >= 11 is 1.70. The van der Waals surface area contributed by atoms with Crippen molar-refractivity contribution in [3.63, 3.8) is 0 Å². The van der Waals surface area contributed by atoms with Crippen LogP contribution in [0.3, 0.4) is 0 Å². The smallest absolute Gasteiger partial charge is 0.237 e. The molecule has 1 N–H and O–H groups in total. The van der Waals surface area contributed by atoms with Crippen molar-refractivity contribution >= 4 is 17.2 Å². The minimum absolute atomic E-state index is 0.00367. The summed E-state index contributed by atoms with van der Waals surface area (Å²) < 4.78 is 24.3. The van der Waals surface area contributed by atoms with Gasteiger partial charge in [0.25, 0.3) is 0 Å². The number of benzene rings is 1. The summed E-state index contributed by atoms with van der Waals surface area (Å²) in [5.74, 6) is 0.264. The second-order valence-corrected chi connectivity index (χ2v) is 8.71. The molecule has 0 spiro atoms. The normalized spacial score (nSPS) is 16.9. The average molecular weight is 451 g/mol. The lowest BCUT2D eigenvalue weighted by molar-refractivity contribution is -0.136. The lowest BCUT2D eigenvalue weighted by Gasteiger charge is -2.37. The van der Waals surface area contributed by atoms with Gasteiger partial charge in [-0.1, -0.05) is 6.92 Å². The van der Waals surface area contributed by atoms with Crippen molar-refractivity contribution in [3.8, 4) is 5.75 Å². The average Bonchev–Trinajstić information content (AvgIpc) is 3.25. The number of fused-ring (bicyclic) bond motifs is 1. The summed E-state index contributed by atoms with van der Waals surface area (Å²) in [4.78, 5) is 18.4. The molecule has 1 aromatic heterocycles. The van der Waals surface area contributed by atoms with Gasteiger partial charge in [0.15, 0.2) is 0 Å². The van der Waals surface area contributed by atoms with Crippen LogP contribution in [0.2, 0.25) is 0 Å². The van der Waals surface area contributed by atoms with E-state index in [1.165, 1.54) is 17.0 Å². The van der Waals surface area contributed by atoms with Gasteiger partial charge in [-0.05, 0) is 54.1 Å². The van der Waals surface area contributed by atoms with Crippen molar-refractivity contribution in [2.75, 3.05) is 46.5 Å². The first-order chi connectivity index (χ1) is 15.0. The van der Waals surface area contributed by atoms with Crippen LogP contribution in [-0.4, -0.2) is 73.4 Å². The molecular formula is C23H31FN2O4S. The molecule has 0 bridgehead atoms. The topological polar surface area (TPSA) is 62.2 Å². The Kier molecular flexibility index (Phi) is 8.83. The molecule has 1 aliphatic heterocycles. The number of thiophene rings is 1. The van der Waals surface area contributed by atoms with Crippen LogP contribution in [0.5, 0.6) is 5.75 Å². The molecule has 0 unspecified atom stereocenters. The van der Waals surface area contributed by atoms with E-state index in [0.717, 1.165) is 12.0 Å². The fourth-order valence-electron chi connectivity index (χ4n) is 3.75. The molecule has 8 heteroatoms. The number of amides is 1. The van der Waals surface area contributed by atoms with Gasteiger partial charge in [-0.25, -0.2) is 4.39 Å². The highest BCUT2D eigenvalue weighted by Crippen LogP contribution is 2.34. The molecule has 0 radical (unpaired) electrons. The third-order valence-corrected chi connectivity index (χ3v) is 6.54. The maximum atomic E-state index is 13.3. The Bertz CT molecular complexity index is 829. The summed E-state index contributed by atoms with van der Waals surface area (Å²) in [6.07, 6.45) is 0.974. The Labute approximate surface area is 187 Å². The fourth-order valence-corrected chi connectivity index (χ4v) is 4.67. The van der Waals surface area contributed by atoms with Crippen LogP contribution in [0.15, 0.2) is 35.7 Å². The molecule has 0 aliphatic carbocycles. The highest BCUT2D eigenvalue weighted by Gasteiger charge is 2.33. The van der Waals surface area contributed by atoms with E-state index in [1.807, 2.05) is 22.1 Å². The lowest BCUT2D eigenvalue weighted by atomic mass is 10.0. The van der Waals surface area contributed by atoms with E-state index in [1.54, 1.807) is 30.6 Å². The first-order valence-electron chi connectivity index (χ1n) is 10.6. The van der Waals surface area contributed by atoms with Crippen LogP contribution in [0.1, 0.15) is 29.8 Å². The van der Waals surface area contributed by atoms with Crippen LogP contribution in [-0.2, 0) is 16.0 Å². The number of hydrogen-bond acceptors (Lipinski definition) is 6. The van der Waals surface area contributed by atoms with Crippen LogP contribution < -0.4 is 4.74 Å². The maximum absolute atomic E-state index is 13.3. The van der Waals surface area contributed by atoms with Gasteiger partial charge >= 0.3 is 0 Å². The van der Waals surface area contributed by atoms with Gasteiger partial charge in [-0.3, -0.25) is 9.69 Å². The van der Waals surface area contributed by atoms with Crippen LogP contribution in [0.25, 0.3) is 0 Å². The van der Waals surface area contributed by atoms with Gasteiger partial charge in [0.05, 0.1) is 25.3 Å². The molecule has 2 aromatic rings. The number of ether oxygens (including phenoxy) is 2. The predicted molar refractivity (Wildman–Crippen MR) is 119 cm³/mol. The maximum Gasteiger partial charge on any atom is 0.237 e. The van der Waals surface area contributed by atoms with E-state index in [9.17, 15) is 14.3 Å². The molecule has 1 aliphatic rings. The third kappa shape index (κ3) is 6.49. The molecular weight excluding hydrogens is 419 g/mol. The number of halogens is 1. The molecule has 0 saturated heterocycles. The SMILES string of the molecule is CC[C@@H](O)CN(CCOC)CC(=O)N1CCc2sccc2[C@@H]1COc1ccc(F)cc1. The number of rotatable bonds is 11. The molecule has 6 nitrogen and oxygen atoms in total. The van der Waals surface area contributed by atoms with Crippen molar-refractivity contribution in [1.82, 2.24) is 9.80 Å². The molecule has 170 valence electrons. The minimum atomic E-state index is -0.480. The third-order valence-electron chi connectivity index (χ3n) is 5.55. The molecule has 1 amide bonds. The Balaban J connectivity index is 1.71. The Morgan fingerprint density at radius 2 is 2.13 bits per heavy atom.